The number of nitriles is 1. The molecule has 0 saturated carbocycles. The zero-order valence-corrected chi connectivity index (χ0v) is 8.12. The fourth-order valence-corrected chi connectivity index (χ4v) is 1.45. The molecule has 1 aromatic heterocycles. The minimum Gasteiger partial charge on any atom is -0.345 e. The SMILES string of the molecule is N#Cc1cc(-c2c(F)cccc2Cl)no1. The minimum absolute atomic E-state index is 0.0179. The van der Waals surface area contributed by atoms with Crippen LogP contribution < -0.4 is 0 Å². The molecule has 1 heterocycles. The Kier molecular flexibility index (Phi) is 2.40. The molecule has 2 aromatic rings. The third-order valence-electron chi connectivity index (χ3n) is 1.84. The van der Waals surface area contributed by atoms with Crippen LogP contribution >= 0.6 is 11.6 Å². The Hall–Kier alpha value is -1.86. The first kappa shape index (κ1) is 9.69. The van der Waals surface area contributed by atoms with E-state index in [-0.39, 0.29) is 22.0 Å². The van der Waals surface area contributed by atoms with E-state index in [4.69, 9.17) is 16.9 Å². The van der Waals surface area contributed by atoms with Crippen molar-refractivity contribution in [3.63, 3.8) is 0 Å². The first-order chi connectivity index (χ1) is 7.22. The van der Waals surface area contributed by atoms with Crippen LogP contribution in [-0.2, 0) is 0 Å². The lowest BCUT2D eigenvalue weighted by Crippen LogP contribution is -1.84. The smallest absolute Gasteiger partial charge is 0.236 e. The van der Waals surface area contributed by atoms with Crippen molar-refractivity contribution in [2.45, 2.75) is 0 Å². The van der Waals surface area contributed by atoms with Crippen LogP contribution in [0.25, 0.3) is 11.3 Å². The Balaban J connectivity index is 2.59. The molecule has 1 aromatic carbocycles. The van der Waals surface area contributed by atoms with Crippen LogP contribution in [0.2, 0.25) is 5.02 Å². The second kappa shape index (κ2) is 3.71. The summed E-state index contributed by atoms with van der Waals surface area (Å²) >= 11 is 5.81. The van der Waals surface area contributed by atoms with Gasteiger partial charge < -0.3 is 4.52 Å². The molecular weight excluding hydrogens is 219 g/mol. The van der Waals surface area contributed by atoms with E-state index >= 15 is 0 Å². The highest BCUT2D eigenvalue weighted by Crippen LogP contribution is 2.29. The predicted octanol–water partition coefficient (Wildman–Crippen LogP) is 3.01. The van der Waals surface area contributed by atoms with E-state index in [0.29, 0.717) is 0 Å². The summed E-state index contributed by atoms with van der Waals surface area (Å²) in [5.74, 6) is -0.482. The molecule has 0 aliphatic rings. The van der Waals surface area contributed by atoms with Gasteiger partial charge in [0.15, 0.2) is 0 Å². The third kappa shape index (κ3) is 1.69. The van der Waals surface area contributed by atoms with Crippen molar-refractivity contribution in [3.8, 4) is 17.3 Å². The standard InChI is InChI=1S/C10H4ClFN2O/c11-7-2-1-3-8(12)10(7)9-4-6(5-13)15-14-9/h1-4H. The molecule has 0 radical (unpaired) electrons. The molecule has 0 aliphatic heterocycles. The van der Waals surface area contributed by atoms with Crippen molar-refractivity contribution >= 4 is 11.6 Å². The van der Waals surface area contributed by atoms with Crippen LogP contribution in [-0.4, -0.2) is 5.16 Å². The van der Waals surface area contributed by atoms with Gasteiger partial charge in [0.1, 0.15) is 17.6 Å². The van der Waals surface area contributed by atoms with Crippen LogP contribution in [0, 0.1) is 17.1 Å². The highest BCUT2D eigenvalue weighted by Gasteiger charge is 2.13. The van der Waals surface area contributed by atoms with Gasteiger partial charge in [0.25, 0.3) is 0 Å². The number of hydrogen-bond acceptors (Lipinski definition) is 3. The Morgan fingerprint density at radius 2 is 2.27 bits per heavy atom. The zero-order valence-electron chi connectivity index (χ0n) is 7.37. The van der Waals surface area contributed by atoms with E-state index in [9.17, 15) is 4.39 Å². The fourth-order valence-electron chi connectivity index (χ4n) is 1.19. The molecule has 0 spiro atoms. The molecule has 0 N–H and O–H groups in total. The molecule has 0 saturated heterocycles. The molecule has 74 valence electrons. The van der Waals surface area contributed by atoms with E-state index in [1.165, 1.54) is 18.2 Å². The summed E-state index contributed by atoms with van der Waals surface area (Å²) in [5.41, 5.74) is 0.360. The average Bonchev–Trinajstić information content (AvgIpc) is 2.66. The van der Waals surface area contributed by atoms with E-state index in [1.807, 2.05) is 0 Å². The van der Waals surface area contributed by atoms with Gasteiger partial charge in [-0.15, -0.1) is 0 Å². The molecule has 0 unspecified atom stereocenters. The Morgan fingerprint density at radius 3 is 2.87 bits per heavy atom. The molecule has 0 amide bonds. The van der Waals surface area contributed by atoms with Crippen LogP contribution in [0.4, 0.5) is 4.39 Å². The number of benzene rings is 1. The van der Waals surface area contributed by atoms with E-state index in [1.54, 1.807) is 12.1 Å². The van der Waals surface area contributed by atoms with Gasteiger partial charge >= 0.3 is 0 Å². The number of aromatic nitrogens is 1. The van der Waals surface area contributed by atoms with Crippen LogP contribution in [0.5, 0.6) is 0 Å². The highest BCUT2D eigenvalue weighted by atomic mass is 35.5. The predicted molar refractivity (Wildman–Crippen MR) is 51.6 cm³/mol. The Labute approximate surface area is 89.7 Å². The number of hydrogen-bond donors (Lipinski definition) is 0. The van der Waals surface area contributed by atoms with Crippen molar-refractivity contribution in [2.24, 2.45) is 0 Å². The summed E-state index contributed by atoms with van der Waals surface area (Å²) in [5, 5.41) is 12.3. The molecule has 2 rings (SSSR count). The van der Waals surface area contributed by atoms with Crippen molar-refractivity contribution < 1.29 is 8.91 Å². The number of halogens is 2. The summed E-state index contributed by atoms with van der Waals surface area (Å²) in [7, 11) is 0. The second-order valence-electron chi connectivity index (χ2n) is 2.78. The van der Waals surface area contributed by atoms with Gasteiger partial charge in [-0.2, -0.15) is 5.26 Å². The molecular formula is C10H4ClFN2O. The maximum Gasteiger partial charge on any atom is 0.236 e. The lowest BCUT2D eigenvalue weighted by molar-refractivity contribution is 0.412. The van der Waals surface area contributed by atoms with E-state index < -0.39 is 5.82 Å². The first-order valence-corrected chi connectivity index (χ1v) is 4.41. The molecule has 0 aliphatic carbocycles. The average molecular weight is 223 g/mol. The van der Waals surface area contributed by atoms with Crippen molar-refractivity contribution in [3.05, 3.63) is 40.9 Å². The lowest BCUT2D eigenvalue weighted by atomic mass is 10.1. The van der Waals surface area contributed by atoms with Crippen LogP contribution in [0.15, 0.2) is 28.8 Å². The van der Waals surface area contributed by atoms with Crippen molar-refractivity contribution in [1.82, 2.24) is 5.16 Å². The van der Waals surface area contributed by atoms with Gasteiger partial charge in [-0.25, -0.2) is 4.39 Å². The second-order valence-corrected chi connectivity index (χ2v) is 3.19. The van der Waals surface area contributed by atoms with Crippen LogP contribution in [0.3, 0.4) is 0 Å². The largest absolute Gasteiger partial charge is 0.345 e. The normalized spacial score (nSPS) is 9.93. The van der Waals surface area contributed by atoms with Gasteiger partial charge in [0.05, 0.1) is 10.6 Å². The summed E-state index contributed by atoms with van der Waals surface area (Å²) in [6, 6.07) is 7.40. The molecule has 3 nitrogen and oxygen atoms in total. The van der Waals surface area contributed by atoms with E-state index in [2.05, 4.69) is 9.68 Å². The number of nitrogens with zero attached hydrogens (tertiary/aromatic N) is 2. The van der Waals surface area contributed by atoms with Crippen molar-refractivity contribution in [1.29, 1.82) is 5.26 Å². The van der Waals surface area contributed by atoms with Crippen LogP contribution in [0.1, 0.15) is 5.76 Å². The maximum absolute atomic E-state index is 13.4. The maximum atomic E-state index is 13.4. The van der Waals surface area contributed by atoms with E-state index in [0.717, 1.165) is 0 Å². The zero-order chi connectivity index (χ0) is 10.8. The fraction of sp³-hybridized carbons (Fsp3) is 0. The topological polar surface area (TPSA) is 49.8 Å². The lowest BCUT2D eigenvalue weighted by Gasteiger charge is -1.99. The summed E-state index contributed by atoms with van der Waals surface area (Å²) in [6.07, 6.45) is 0. The van der Waals surface area contributed by atoms with Gasteiger partial charge in [0.2, 0.25) is 5.76 Å². The minimum atomic E-state index is -0.500. The monoisotopic (exact) mass is 222 g/mol. The summed E-state index contributed by atoms with van der Waals surface area (Å²) in [6.45, 7) is 0. The first-order valence-electron chi connectivity index (χ1n) is 4.03. The quantitative estimate of drug-likeness (QED) is 0.745. The molecule has 0 atom stereocenters. The van der Waals surface area contributed by atoms with Gasteiger partial charge in [-0.3, -0.25) is 0 Å². The van der Waals surface area contributed by atoms with Gasteiger partial charge in [-0.05, 0) is 12.1 Å². The highest BCUT2D eigenvalue weighted by molar-refractivity contribution is 6.33. The summed E-state index contributed by atoms with van der Waals surface area (Å²) < 4.78 is 18.0. The Bertz CT molecular complexity index is 524. The Morgan fingerprint density at radius 1 is 1.47 bits per heavy atom. The van der Waals surface area contributed by atoms with Gasteiger partial charge in [0, 0.05) is 6.07 Å². The molecule has 0 bridgehead atoms. The molecule has 5 heteroatoms. The molecule has 15 heavy (non-hydrogen) atoms. The summed E-state index contributed by atoms with van der Waals surface area (Å²) in [4.78, 5) is 0. The van der Waals surface area contributed by atoms with Crippen molar-refractivity contribution in [2.75, 3.05) is 0 Å². The number of rotatable bonds is 1. The molecule has 0 fully saturated rings. The van der Waals surface area contributed by atoms with Gasteiger partial charge in [-0.1, -0.05) is 22.8 Å². The third-order valence-corrected chi connectivity index (χ3v) is 2.15.